The van der Waals surface area contributed by atoms with Gasteiger partial charge < -0.3 is 0 Å². The lowest BCUT2D eigenvalue weighted by Gasteiger charge is -2.26. The van der Waals surface area contributed by atoms with Crippen LogP contribution < -0.4 is 0 Å². The fraction of sp³-hybridized carbons (Fsp3) is 0.857. The summed E-state index contributed by atoms with van der Waals surface area (Å²) in [6.07, 6.45) is 15.3. The van der Waals surface area contributed by atoms with Gasteiger partial charge in [0, 0.05) is 6.04 Å². The molecule has 1 saturated carbocycles. The van der Waals surface area contributed by atoms with Gasteiger partial charge in [0.05, 0.1) is 6.54 Å². The third-order valence-corrected chi connectivity index (χ3v) is 3.74. The fourth-order valence-electron chi connectivity index (χ4n) is 2.56. The lowest BCUT2D eigenvalue weighted by Crippen LogP contribution is -2.31. The van der Waals surface area contributed by atoms with Crippen LogP contribution in [0.2, 0.25) is 0 Å². The average molecular weight is 207 g/mol. The minimum Gasteiger partial charge on any atom is -0.293 e. The molecule has 86 valence electrons. The predicted molar refractivity (Wildman–Crippen MR) is 66.7 cm³/mol. The van der Waals surface area contributed by atoms with E-state index in [1.165, 1.54) is 44.9 Å². The monoisotopic (exact) mass is 207 g/mol. The van der Waals surface area contributed by atoms with Crippen LogP contribution in [0.15, 0.2) is 0 Å². The maximum atomic E-state index is 5.33. The molecule has 0 radical (unpaired) electrons. The van der Waals surface area contributed by atoms with Crippen LogP contribution in [0.5, 0.6) is 0 Å². The Kier molecular flexibility index (Phi) is 5.79. The third-order valence-electron chi connectivity index (χ3n) is 3.74. The summed E-state index contributed by atoms with van der Waals surface area (Å²) in [5.41, 5.74) is 0. The third kappa shape index (κ3) is 4.71. The minimum absolute atomic E-state index is 0.643. The maximum absolute atomic E-state index is 5.33. The lowest BCUT2D eigenvalue weighted by atomic mass is 9.93. The fourth-order valence-corrected chi connectivity index (χ4v) is 2.56. The molecule has 0 aromatic carbocycles. The van der Waals surface area contributed by atoms with Gasteiger partial charge in [-0.15, -0.1) is 6.42 Å². The van der Waals surface area contributed by atoms with Crippen LogP contribution in [0, 0.1) is 18.3 Å². The van der Waals surface area contributed by atoms with Crippen LogP contribution >= 0.6 is 0 Å². The van der Waals surface area contributed by atoms with Gasteiger partial charge in [0.15, 0.2) is 0 Å². The molecule has 15 heavy (non-hydrogen) atoms. The molecule has 0 heterocycles. The van der Waals surface area contributed by atoms with Crippen molar-refractivity contribution in [3.63, 3.8) is 0 Å². The van der Waals surface area contributed by atoms with Crippen LogP contribution in [0.3, 0.4) is 0 Å². The van der Waals surface area contributed by atoms with Gasteiger partial charge in [0.1, 0.15) is 0 Å². The largest absolute Gasteiger partial charge is 0.293 e. The van der Waals surface area contributed by atoms with Gasteiger partial charge in [0.25, 0.3) is 0 Å². The van der Waals surface area contributed by atoms with Crippen LogP contribution in [0.25, 0.3) is 0 Å². The molecular formula is C14H25N. The van der Waals surface area contributed by atoms with Crippen molar-refractivity contribution in [3.8, 4) is 12.3 Å². The van der Waals surface area contributed by atoms with Crippen LogP contribution in [-0.4, -0.2) is 24.5 Å². The van der Waals surface area contributed by atoms with E-state index in [4.69, 9.17) is 6.42 Å². The summed E-state index contributed by atoms with van der Waals surface area (Å²) in [4.78, 5) is 2.30. The zero-order valence-corrected chi connectivity index (χ0v) is 10.3. The second-order valence-electron chi connectivity index (χ2n) is 5.06. The van der Waals surface area contributed by atoms with Gasteiger partial charge in [-0.1, -0.05) is 44.4 Å². The van der Waals surface area contributed by atoms with Crippen molar-refractivity contribution >= 4 is 0 Å². The first kappa shape index (κ1) is 12.6. The molecule has 0 spiro atoms. The second-order valence-corrected chi connectivity index (χ2v) is 5.06. The van der Waals surface area contributed by atoms with Crippen LogP contribution in [0.1, 0.15) is 51.9 Å². The summed E-state index contributed by atoms with van der Waals surface area (Å²) in [5, 5.41) is 0. The highest BCUT2D eigenvalue weighted by molar-refractivity contribution is 4.88. The number of terminal acetylenes is 1. The minimum atomic E-state index is 0.643. The van der Waals surface area contributed by atoms with Gasteiger partial charge >= 0.3 is 0 Å². The Balaban J connectivity index is 2.29. The normalized spacial score (nSPS) is 20.9. The quantitative estimate of drug-likeness (QED) is 0.505. The van der Waals surface area contributed by atoms with E-state index in [9.17, 15) is 0 Å². The number of hydrogen-bond donors (Lipinski definition) is 0. The topological polar surface area (TPSA) is 3.24 Å². The van der Waals surface area contributed by atoms with E-state index < -0.39 is 0 Å². The van der Waals surface area contributed by atoms with E-state index in [0.29, 0.717) is 6.04 Å². The second kappa shape index (κ2) is 6.90. The Morgan fingerprint density at radius 3 is 2.40 bits per heavy atom. The van der Waals surface area contributed by atoms with Crippen molar-refractivity contribution in [1.29, 1.82) is 0 Å². The zero-order chi connectivity index (χ0) is 11.1. The first-order valence-corrected chi connectivity index (χ1v) is 6.37. The highest BCUT2D eigenvalue weighted by atomic mass is 15.1. The Morgan fingerprint density at radius 1 is 1.27 bits per heavy atom. The summed E-state index contributed by atoms with van der Waals surface area (Å²) in [6, 6.07) is 0.643. The first-order chi connectivity index (χ1) is 7.24. The Morgan fingerprint density at radius 2 is 1.87 bits per heavy atom. The van der Waals surface area contributed by atoms with Gasteiger partial charge in [0.2, 0.25) is 0 Å². The van der Waals surface area contributed by atoms with Gasteiger partial charge in [-0.05, 0) is 26.3 Å². The predicted octanol–water partition coefficient (Wildman–Crippen LogP) is 3.30. The van der Waals surface area contributed by atoms with Crippen LogP contribution in [-0.2, 0) is 0 Å². The first-order valence-electron chi connectivity index (χ1n) is 6.37. The molecule has 0 aromatic rings. The molecular weight excluding hydrogens is 182 g/mol. The Bertz CT molecular complexity index is 196. The molecule has 1 aliphatic rings. The Labute approximate surface area is 95.2 Å². The smallest absolute Gasteiger partial charge is 0.0598 e. The van der Waals surface area contributed by atoms with Gasteiger partial charge in [-0.2, -0.15) is 0 Å². The standard InChI is InChI=1S/C14H25N/c1-4-11-15(3)13(2)12-14-9-7-5-6-8-10-14/h1,13-14H,5-12H2,2-3H3. The van der Waals surface area contributed by atoms with E-state index in [1.54, 1.807) is 0 Å². The molecule has 1 rings (SSSR count). The van der Waals surface area contributed by atoms with E-state index in [-0.39, 0.29) is 0 Å². The lowest BCUT2D eigenvalue weighted by molar-refractivity contribution is 0.233. The van der Waals surface area contributed by atoms with Crippen molar-refractivity contribution in [2.24, 2.45) is 5.92 Å². The summed E-state index contributed by atoms with van der Waals surface area (Å²) in [7, 11) is 2.14. The molecule has 1 aliphatic carbocycles. The molecule has 1 unspecified atom stereocenters. The number of rotatable bonds is 4. The molecule has 0 amide bonds. The SMILES string of the molecule is C#CCN(C)C(C)CC1CCCCCC1. The molecule has 0 saturated heterocycles. The molecule has 1 atom stereocenters. The average Bonchev–Trinajstić information content (AvgIpc) is 2.46. The van der Waals surface area contributed by atoms with Crippen molar-refractivity contribution in [2.45, 2.75) is 57.9 Å². The summed E-state index contributed by atoms with van der Waals surface area (Å²) in [5.74, 6) is 3.67. The highest BCUT2D eigenvalue weighted by Gasteiger charge is 2.17. The van der Waals surface area contributed by atoms with Crippen molar-refractivity contribution in [2.75, 3.05) is 13.6 Å². The van der Waals surface area contributed by atoms with Crippen LogP contribution in [0.4, 0.5) is 0 Å². The zero-order valence-electron chi connectivity index (χ0n) is 10.3. The summed E-state index contributed by atoms with van der Waals surface area (Å²) in [6.45, 7) is 3.09. The summed E-state index contributed by atoms with van der Waals surface area (Å²) < 4.78 is 0. The number of nitrogens with zero attached hydrogens (tertiary/aromatic N) is 1. The number of hydrogen-bond acceptors (Lipinski definition) is 1. The molecule has 0 N–H and O–H groups in total. The van der Waals surface area contributed by atoms with Crippen molar-refractivity contribution in [3.05, 3.63) is 0 Å². The van der Waals surface area contributed by atoms with Gasteiger partial charge in [-0.3, -0.25) is 4.90 Å². The van der Waals surface area contributed by atoms with Gasteiger partial charge in [-0.25, -0.2) is 0 Å². The van der Waals surface area contributed by atoms with E-state index in [1.807, 2.05) is 0 Å². The highest BCUT2D eigenvalue weighted by Crippen LogP contribution is 2.27. The molecule has 0 aromatic heterocycles. The molecule has 0 aliphatic heterocycles. The maximum Gasteiger partial charge on any atom is 0.0598 e. The van der Waals surface area contributed by atoms with Crippen molar-refractivity contribution < 1.29 is 0 Å². The summed E-state index contributed by atoms with van der Waals surface area (Å²) >= 11 is 0. The molecule has 1 nitrogen and oxygen atoms in total. The van der Waals surface area contributed by atoms with E-state index in [2.05, 4.69) is 24.8 Å². The molecule has 0 bridgehead atoms. The molecule has 1 fully saturated rings. The molecule has 1 heteroatoms. The van der Waals surface area contributed by atoms with E-state index in [0.717, 1.165) is 12.5 Å². The van der Waals surface area contributed by atoms with Crippen molar-refractivity contribution in [1.82, 2.24) is 4.90 Å². The van der Waals surface area contributed by atoms with E-state index >= 15 is 0 Å². The Hall–Kier alpha value is -0.480.